The maximum absolute atomic E-state index is 5.88. The highest BCUT2D eigenvalue weighted by Crippen LogP contribution is 2.21. The maximum Gasteiger partial charge on any atom is 0.129 e. The minimum Gasteiger partial charge on any atom is -0.373 e. The summed E-state index contributed by atoms with van der Waals surface area (Å²) in [5.74, 6) is 6.71. The first-order valence-corrected chi connectivity index (χ1v) is 7.11. The van der Waals surface area contributed by atoms with Gasteiger partial charge in [0.05, 0.1) is 12.7 Å². The van der Waals surface area contributed by atoms with Crippen molar-refractivity contribution in [1.82, 2.24) is 19.9 Å². The molecular formula is C13H25N5O. The van der Waals surface area contributed by atoms with Crippen LogP contribution in [0, 0.1) is 0 Å². The fraction of sp³-hybridized carbons (Fsp3) is 0.769. The summed E-state index contributed by atoms with van der Waals surface area (Å²) in [6.45, 7) is 8.97. The number of aromatic nitrogens is 2. The number of hydrogen-bond acceptors (Lipinski definition) is 5. The van der Waals surface area contributed by atoms with Crippen molar-refractivity contribution in [2.24, 2.45) is 5.84 Å². The Morgan fingerprint density at radius 2 is 2.42 bits per heavy atom. The average molecular weight is 267 g/mol. The van der Waals surface area contributed by atoms with Crippen LogP contribution in [0.1, 0.15) is 32.1 Å². The second-order valence-corrected chi connectivity index (χ2v) is 4.93. The van der Waals surface area contributed by atoms with Crippen LogP contribution in [0.2, 0.25) is 0 Å². The molecule has 0 radical (unpaired) electrons. The van der Waals surface area contributed by atoms with Gasteiger partial charge in [0.25, 0.3) is 0 Å². The molecule has 6 nitrogen and oxygen atoms in total. The van der Waals surface area contributed by atoms with Gasteiger partial charge in [0.2, 0.25) is 0 Å². The Labute approximate surface area is 114 Å². The molecule has 108 valence electrons. The number of morpholine rings is 1. The Morgan fingerprint density at radius 1 is 1.58 bits per heavy atom. The number of imidazole rings is 1. The van der Waals surface area contributed by atoms with E-state index in [0.717, 1.165) is 45.0 Å². The molecule has 1 aliphatic rings. The third-order valence-electron chi connectivity index (χ3n) is 3.67. The predicted molar refractivity (Wildman–Crippen MR) is 74.4 cm³/mol. The van der Waals surface area contributed by atoms with E-state index in [1.807, 2.05) is 12.4 Å². The van der Waals surface area contributed by atoms with Crippen molar-refractivity contribution in [2.75, 3.05) is 26.2 Å². The highest BCUT2D eigenvalue weighted by Gasteiger charge is 2.30. The van der Waals surface area contributed by atoms with Gasteiger partial charge in [-0.05, 0) is 13.0 Å². The van der Waals surface area contributed by atoms with Crippen LogP contribution in [0.25, 0.3) is 0 Å². The first-order valence-electron chi connectivity index (χ1n) is 7.11. The number of ether oxygens (including phenoxy) is 1. The van der Waals surface area contributed by atoms with Crippen LogP contribution in [-0.4, -0.2) is 46.8 Å². The molecule has 0 spiro atoms. The number of nitrogens with zero attached hydrogens (tertiary/aromatic N) is 3. The van der Waals surface area contributed by atoms with E-state index in [1.165, 1.54) is 0 Å². The molecule has 1 aromatic heterocycles. The van der Waals surface area contributed by atoms with Crippen molar-refractivity contribution >= 4 is 0 Å². The van der Waals surface area contributed by atoms with E-state index in [9.17, 15) is 0 Å². The zero-order valence-corrected chi connectivity index (χ0v) is 11.9. The Morgan fingerprint density at radius 3 is 3.11 bits per heavy atom. The lowest BCUT2D eigenvalue weighted by Crippen LogP contribution is -2.50. The summed E-state index contributed by atoms with van der Waals surface area (Å²) < 4.78 is 8.03. The maximum atomic E-state index is 5.88. The van der Waals surface area contributed by atoms with E-state index < -0.39 is 0 Å². The van der Waals surface area contributed by atoms with Gasteiger partial charge in [0, 0.05) is 32.0 Å². The lowest BCUT2D eigenvalue weighted by atomic mass is 10.1. The second-order valence-electron chi connectivity index (χ2n) is 4.93. The van der Waals surface area contributed by atoms with Crippen LogP contribution in [-0.2, 0) is 11.3 Å². The zero-order chi connectivity index (χ0) is 13.7. The summed E-state index contributed by atoms with van der Waals surface area (Å²) in [5.41, 5.74) is 2.88. The summed E-state index contributed by atoms with van der Waals surface area (Å²) in [7, 11) is 0. The molecule has 2 atom stereocenters. The van der Waals surface area contributed by atoms with Crippen molar-refractivity contribution in [3.63, 3.8) is 0 Å². The van der Waals surface area contributed by atoms with E-state index >= 15 is 0 Å². The SMILES string of the molecule is CCCn1ccnc1C(NN)C1CN(CC)CCO1. The van der Waals surface area contributed by atoms with E-state index in [1.54, 1.807) is 0 Å². The Kier molecular flexibility index (Phi) is 5.33. The van der Waals surface area contributed by atoms with Crippen LogP contribution in [0.3, 0.4) is 0 Å². The Bertz CT molecular complexity index is 381. The summed E-state index contributed by atoms with van der Waals surface area (Å²) in [4.78, 5) is 6.83. The molecule has 0 saturated carbocycles. The molecule has 2 unspecified atom stereocenters. The van der Waals surface area contributed by atoms with Crippen molar-refractivity contribution in [2.45, 2.75) is 39.0 Å². The number of hydrogen-bond donors (Lipinski definition) is 2. The van der Waals surface area contributed by atoms with Gasteiger partial charge in [-0.3, -0.25) is 10.7 Å². The summed E-state index contributed by atoms with van der Waals surface area (Å²) in [6.07, 6.45) is 4.96. The summed E-state index contributed by atoms with van der Waals surface area (Å²) in [6, 6.07) is -0.0594. The second kappa shape index (κ2) is 7.00. The lowest BCUT2D eigenvalue weighted by Gasteiger charge is -2.36. The third kappa shape index (κ3) is 3.33. The van der Waals surface area contributed by atoms with Crippen molar-refractivity contribution in [3.8, 4) is 0 Å². The average Bonchev–Trinajstić information content (AvgIpc) is 2.89. The number of nitrogens with one attached hydrogen (secondary N) is 1. The van der Waals surface area contributed by atoms with Crippen LogP contribution in [0.5, 0.6) is 0 Å². The minimum atomic E-state index is -0.0594. The molecule has 1 aliphatic heterocycles. The molecule has 0 amide bonds. The van der Waals surface area contributed by atoms with Crippen molar-refractivity contribution in [1.29, 1.82) is 0 Å². The standard InChI is InChI=1S/C13H25N5O/c1-3-6-18-7-5-15-13(18)12(16-14)11-10-17(4-2)8-9-19-11/h5,7,11-12,16H,3-4,6,8-10,14H2,1-2H3. The summed E-state index contributed by atoms with van der Waals surface area (Å²) >= 11 is 0. The predicted octanol–water partition coefficient (Wildman–Crippen LogP) is 0.518. The quantitative estimate of drug-likeness (QED) is 0.581. The number of aryl methyl sites for hydroxylation is 1. The molecule has 1 saturated heterocycles. The number of hydrazine groups is 1. The largest absolute Gasteiger partial charge is 0.373 e. The molecule has 0 bridgehead atoms. The Balaban J connectivity index is 2.12. The fourth-order valence-corrected chi connectivity index (χ4v) is 2.60. The molecule has 6 heteroatoms. The van der Waals surface area contributed by atoms with Gasteiger partial charge in [0.15, 0.2) is 0 Å². The molecule has 0 aliphatic carbocycles. The van der Waals surface area contributed by atoms with Crippen molar-refractivity contribution < 1.29 is 4.74 Å². The highest BCUT2D eigenvalue weighted by atomic mass is 16.5. The van der Waals surface area contributed by atoms with Crippen LogP contribution < -0.4 is 11.3 Å². The first kappa shape index (κ1) is 14.5. The number of nitrogens with two attached hydrogens (primary N) is 1. The molecule has 3 N–H and O–H groups in total. The smallest absolute Gasteiger partial charge is 0.129 e. The van der Waals surface area contributed by atoms with E-state index in [2.05, 4.69) is 33.7 Å². The molecule has 2 rings (SSSR count). The van der Waals surface area contributed by atoms with Gasteiger partial charge in [-0.25, -0.2) is 10.4 Å². The van der Waals surface area contributed by atoms with Crippen LogP contribution in [0.4, 0.5) is 0 Å². The van der Waals surface area contributed by atoms with Gasteiger partial charge < -0.3 is 9.30 Å². The summed E-state index contributed by atoms with van der Waals surface area (Å²) in [5, 5.41) is 0. The topological polar surface area (TPSA) is 68.3 Å². The van der Waals surface area contributed by atoms with Gasteiger partial charge in [0.1, 0.15) is 11.9 Å². The third-order valence-corrected chi connectivity index (χ3v) is 3.67. The number of likely N-dealkylation sites (N-methyl/N-ethyl adjacent to an activating group) is 1. The monoisotopic (exact) mass is 267 g/mol. The Hall–Kier alpha value is -0.950. The number of rotatable bonds is 6. The van der Waals surface area contributed by atoms with Gasteiger partial charge in [-0.15, -0.1) is 0 Å². The molecule has 1 fully saturated rings. The highest BCUT2D eigenvalue weighted by molar-refractivity contribution is 5.03. The van der Waals surface area contributed by atoms with E-state index in [4.69, 9.17) is 10.6 Å². The van der Waals surface area contributed by atoms with Crippen molar-refractivity contribution in [3.05, 3.63) is 18.2 Å². The lowest BCUT2D eigenvalue weighted by molar-refractivity contribution is -0.0476. The zero-order valence-electron chi connectivity index (χ0n) is 11.9. The van der Waals surface area contributed by atoms with Gasteiger partial charge in [-0.2, -0.15) is 0 Å². The van der Waals surface area contributed by atoms with Gasteiger partial charge in [-0.1, -0.05) is 13.8 Å². The molecule has 1 aromatic rings. The fourth-order valence-electron chi connectivity index (χ4n) is 2.60. The van der Waals surface area contributed by atoms with Crippen LogP contribution in [0.15, 0.2) is 12.4 Å². The first-order chi connectivity index (χ1) is 9.30. The minimum absolute atomic E-state index is 0.0525. The molecule has 2 heterocycles. The molecular weight excluding hydrogens is 242 g/mol. The normalized spacial score (nSPS) is 22.6. The van der Waals surface area contributed by atoms with E-state index in [-0.39, 0.29) is 12.1 Å². The van der Waals surface area contributed by atoms with Crippen LogP contribution >= 0.6 is 0 Å². The van der Waals surface area contributed by atoms with Gasteiger partial charge >= 0.3 is 0 Å². The molecule has 0 aromatic carbocycles. The van der Waals surface area contributed by atoms with E-state index in [0.29, 0.717) is 0 Å². The molecule has 19 heavy (non-hydrogen) atoms.